The van der Waals surface area contributed by atoms with Crippen molar-refractivity contribution in [3.05, 3.63) is 34.9 Å². The van der Waals surface area contributed by atoms with Crippen molar-refractivity contribution in [1.29, 1.82) is 5.26 Å². The molecule has 0 saturated carbocycles. The standard InChI is InChI=1S/C20H23N5O3/c21-11-20(22)6-1-7-24(12-20)9-13-2-3-14-10-25(19(28)15(14)8-13)16-4-5-17(26)23-18(16)27/h2-3,8,16H,1,4-7,9-10,12,22H2,(H,23,26,27). The first-order valence-electron chi connectivity index (χ1n) is 9.57. The predicted molar refractivity (Wildman–Crippen MR) is 99.5 cm³/mol. The van der Waals surface area contributed by atoms with Crippen molar-refractivity contribution in [3.63, 3.8) is 0 Å². The van der Waals surface area contributed by atoms with Gasteiger partial charge in [-0.2, -0.15) is 5.26 Å². The third kappa shape index (κ3) is 3.39. The van der Waals surface area contributed by atoms with Gasteiger partial charge in [-0.05, 0) is 43.0 Å². The van der Waals surface area contributed by atoms with Crippen LogP contribution in [0.4, 0.5) is 0 Å². The molecule has 8 heteroatoms. The molecule has 1 aromatic carbocycles. The lowest BCUT2D eigenvalue weighted by Crippen LogP contribution is -2.52. The summed E-state index contributed by atoms with van der Waals surface area (Å²) in [6.45, 7) is 2.38. The Bertz CT molecular complexity index is 892. The highest BCUT2D eigenvalue weighted by Gasteiger charge is 2.39. The molecule has 3 N–H and O–H groups in total. The Hall–Kier alpha value is -2.76. The van der Waals surface area contributed by atoms with E-state index < -0.39 is 17.5 Å². The average molecular weight is 381 g/mol. The molecule has 0 radical (unpaired) electrons. The van der Waals surface area contributed by atoms with Crippen LogP contribution in [-0.4, -0.2) is 52.2 Å². The molecule has 2 saturated heterocycles. The molecule has 28 heavy (non-hydrogen) atoms. The lowest BCUT2D eigenvalue weighted by atomic mass is 9.91. The van der Waals surface area contributed by atoms with Gasteiger partial charge in [0.05, 0.1) is 6.07 Å². The van der Waals surface area contributed by atoms with E-state index in [1.165, 1.54) is 0 Å². The minimum absolute atomic E-state index is 0.171. The zero-order chi connectivity index (χ0) is 19.9. The van der Waals surface area contributed by atoms with Crippen molar-refractivity contribution in [2.24, 2.45) is 5.73 Å². The van der Waals surface area contributed by atoms with Crippen LogP contribution < -0.4 is 11.1 Å². The Labute approximate surface area is 163 Å². The number of hydrogen-bond donors (Lipinski definition) is 2. The molecule has 3 aliphatic rings. The fraction of sp³-hybridized carbons (Fsp3) is 0.500. The van der Waals surface area contributed by atoms with Crippen LogP contribution in [-0.2, 0) is 22.7 Å². The van der Waals surface area contributed by atoms with E-state index in [2.05, 4.69) is 16.3 Å². The highest BCUT2D eigenvalue weighted by Crippen LogP contribution is 2.29. The molecule has 2 unspecified atom stereocenters. The summed E-state index contributed by atoms with van der Waals surface area (Å²) in [7, 11) is 0. The molecule has 3 aliphatic heterocycles. The van der Waals surface area contributed by atoms with Crippen LogP contribution in [0.15, 0.2) is 18.2 Å². The Morgan fingerprint density at radius 2 is 2.14 bits per heavy atom. The summed E-state index contributed by atoms with van der Waals surface area (Å²) in [5.74, 6) is -0.862. The lowest BCUT2D eigenvalue weighted by molar-refractivity contribution is -0.136. The molecular formula is C20H23N5O3. The van der Waals surface area contributed by atoms with E-state index in [0.29, 0.717) is 38.0 Å². The molecular weight excluding hydrogens is 358 g/mol. The van der Waals surface area contributed by atoms with Crippen LogP contribution in [0, 0.1) is 11.3 Å². The van der Waals surface area contributed by atoms with Crippen LogP contribution >= 0.6 is 0 Å². The third-order valence-corrected chi connectivity index (χ3v) is 5.82. The molecule has 3 heterocycles. The number of likely N-dealkylation sites (tertiary alicyclic amines) is 1. The van der Waals surface area contributed by atoms with Crippen LogP contribution in [0.1, 0.15) is 47.2 Å². The molecule has 4 rings (SSSR count). The lowest BCUT2D eigenvalue weighted by Gasteiger charge is -2.35. The van der Waals surface area contributed by atoms with Crippen molar-refractivity contribution < 1.29 is 14.4 Å². The van der Waals surface area contributed by atoms with Crippen molar-refractivity contribution in [2.45, 2.75) is 50.4 Å². The number of rotatable bonds is 3. The SMILES string of the molecule is N#CC1(N)CCCN(Cc2ccc3c(c2)C(=O)N(C2CCC(=O)NC2=O)C3)C1. The number of imide groups is 1. The average Bonchev–Trinajstić information content (AvgIpc) is 2.98. The molecule has 1 aromatic rings. The van der Waals surface area contributed by atoms with Gasteiger partial charge in [-0.3, -0.25) is 24.6 Å². The quantitative estimate of drug-likeness (QED) is 0.725. The van der Waals surface area contributed by atoms with Crippen molar-refractivity contribution in [3.8, 4) is 6.07 Å². The molecule has 2 atom stereocenters. The minimum Gasteiger partial charge on any atom is -0.322 e. The Morgan fingerprint density at radius 1 is 1.32 bits per heavy atom. The number of hydrogen-bond acceptors (Lipinski definition) is 6. The molecule has 146 valence electrons. The summed E-state index contributed by atoms with van der Waals surface area (Å²) < 4.78 is 0. The minimum atomic E-state index is -0.812. The van der Waals surface area contributed by atoms with Crippen LogP contribution in [0.3, 0.4) is 0 Å². The monoisotopic (exact) mass is 381 g/mol. The maximum atomic E-state index is 12.9. The first-order chi connectivity index (χ1) is 13.4. The summed E-state index contributed by atoms with van der Waals surface area (Å²) in [5, 5.41) is 11.6. The topological polar surface area (TPSA) is 120 Å². The number of nitrogens with two attached hydrogens (primary N) is 1. The number of nitrogens with one attached hydrogen (secondary N) is 1. The Morgan fingerprint density at radius 3 is 2.89 bits per heavy atom. The van der Waals surface area contributed by atoms with Crippen molar-refractivity contribution >= 4 is 17.7 Å². The van der Waals surface area contributed by atoms with Gasteiger partial charge in [-0.1, -0.05) is 12.1 Å². The second-order valence-electron chi connectivity index (χ2n) is 7.97. The van der Waals surface area contributed by atoms with Gasteiger partial charge in [0, 0.05) is 31.6 Å². The normalized spacial score (nSPS) is 28.1. The summed E-state index contributed by atoms with van der Waals surface area (Å²) in [4.78, 5) is 40.1. The van der Waals surface area contributed by atoms with Crippen molar-refractivity contribution in [2.75, 3.05) is 13.1 Å². The van der Waals surface area contributed by atoms with E-state index in [0.717, 1.165) is 24.1 Å². The fourth-order valence-corrected chi connectivity index (χ4v) is 4.36. The number of piperidine rings is 2. The predicted octanol–water partition coefficient (Wildman–Crippen LogP) is 0.264. The van der Waals surface area contributed by atoms with Gasteiger partial charge in [-0.15, -0.1) is 0 Å². The molecule has 0 spiro atoms. The zero-order valence-electron chi connectivity index (χ0n) is 15.6. The highest BCUT2D eigenvalue weighted by atomic mass is 16.2. The van der Waals surface area contributed by atoms with Gasteiger partial charge in [0.2, 0.25) is 11.8 Å². The second-order valence-corrected chi connectivity index (χ2v) is 7.97. The largest absolute Gasteiger partial charge is 0.322 e. The first kappa shape index (κ1) is 18.6. The number of fused-ring (bicyclic) bond motifs is 1. The third-order valence-electron chi connectivity index (χ3n) is 5.82. The molecule has 2 fully saturated rings. The van der Waals surface area contributed by atoms with Crippen LogP contribution in [0.5, 0.6) is 0 Å². The van der Waals surface area contributed by atoms with E-state index >= 15 is 0 Å². The second kappa shape index (κ2) is 7.00. The van der Waals surface area contributed by atoms with E-state index in [4.69, 9.17) is 5.73 Å². The van der Waals surface area contributed by atoms with Crippen LogP contribution in [0.25, 0.3) is 0 Å². The summed E-state index contributed by atoms with van der Waals surface area (Å²) in [6.07, 6.45) is 2.18. The van der Waals surface area contributed by atoms with E-state index in [1.807, 2.05) is 18.2 Å². The molecule has 3 amide bonds. The maximum absolute atomic E-state index is 12.9. The molecule has 8 nitrogen and oxygen atoms in total. The maximum Gasteiger partial charge on any atom is 0.255 e. The Balaban J connectivity index is 1.48. The van der Waals surface area contributed by atoms with Gasteiger partial charge in [0.1, 0.15) is 11.6 Å². The Kier molecular flexibility index (Phi) is 4.65. The van der Waals surface area contributed by atoms with E-state index in [9.17, 15) is 19.6 Å². The number of amides is 3. The fourth-order valence-electron chi connectivity index (χ4n) is 4.36. The summed E-state index contributed by atoms with van der Waals surface area (Å²) in [6, 6.07) is 7.40. The highest BCUT2D eigenvalue weighted by molar-refractivity contribution is 6.05. The van der Waals surface area contributed by atoms with Crippen molar-refractivity contribution in [1.82, 2.24) is 15.1 Å². The zero-order valence-corrected chi connectivity index (χ0v) is 15.6. The number of carbonyl (C=O) groups is 3. The first-order valence-corrected chi connectivity index (χ1v) is 9.57. The number of carbonyl (C=O) groups excluding carboxylic acids is 3. The molecule has 0 bridgehead atoms. The molecule has 0 aliphatic carbocycles. The summed E-state index contributed by atoms with van der Waals surface area (Å²) in [5.41, 5.74) is 7.79. The smallest absolute Gasteiger partial charge is 0.255 e. The van der Waals surface area contributed by atoms with Gasteiger partial charge in [0.15, 0.2) is 0 Å². The molecule has 0 aromatic heterocycles. The van der Waals surface area contributed by atoms with Gasteiger partial charge in [-0.25, -0.2) is 0 Å². The number of nitriles is 1. The number of nitrogens with zero attached hydrogens (tertiary/aromatic N) is 3. The number of benzene rings is 1. The van der Waals surface area contributed by atoms with Gasteiger partial charge < -0.3 is 10.6 Å². The van der Waals surface area contributed by atoms with E-state index in [-0.39, 0.29) is 18.2 Å². The van der Waals surface area contributed by atoms with Gasteiger partial charge in [0.25, 0.3) is 5.91 Å². The van der Waals surface area contributed by atoms with E-state index in [1.54, 1.807) is 4.90 Å². The van der Waals surface area contributed by atoms with Crippen LogP contribution in [0.2, 0.25) is 0 Å². The summed E-state index contributed by atoms with van der Waals surface area (Å²) >= 11 is 0. The van der Waals surface area contributed by atoms with Gasteiger partial charge >= 0.3 is 0 Å².